The minimum Gasteiger partial charge on any atom is -0.492 e. The van der Waals surface area contributed by atoms with Crippen LogP contribution in [-0.4, -0.2) is 77.4 Å². The summed E-state index contributed by atoms with van der Waals surface area (Å²) in [5, 5.41) is 2.78. The van der Waals surface area contributed by atoms with Crippen LogP contribution in [0.1, 0.15) is 19.8 Å². The predicted octanol–water partition coefficient (Wildman–Crippen LogP) is 0.494. The molecule has 0 unspecified atom stereocenters. The van der Waals surface area contributed by atoms with E-state index in [2.05, 4.69) is 5.32 Å². The summed E-state index contributed by atoms with van der Waals surface area (Å²) in [7, 11) is -3.84. The number of carbonyl (C=O) groups is 1. The van der Waals surface area contributed by atoms with Crippen LogP contribution in [-0.2, 0) is 24.8 Å². The zero-order valence-corrected chi connectivity index (χ0v) is 18.6. The van der Waals surface area contributed by atoms with Crippen molar-refractivity contribution in [3.05, 3.63) is 24.3 Å². The van der Waals surface area contributed by atoms with Gasteiger partial charge in [-0.25, -0.2) is 25.4 Å². The summed E-state index contributed by atoms with van der Waals surface area (Å²) in [6.07, 6.45) is 1.32. The zero-order valence-electron chi connectivity index (χ0n) is 17.0. The van der Waals surface area contributed by atoms with Gasteiger partial charge in [0.2, 0.25) is 26.0 Å². The molecule has 164 valence electrons. The molecular weight excluding hydrogens is 418 g/mol. The fourth-order valence-corrected chi connectivity index (χ4v) is 5.08. The van der Waals surface area contributed by atoms with Gasteiger partial charge in [-0.3, -0.25) is 4.79 Å². The first-order valence-corrected chi connectivity index (χ1v) is 12.5. The normalized spacial score (nSPS) is 18.6. The van der Waals surface area contributed by atoms with E-state index in [-0.39, 0.29) is 42.2 Å². The molecular formula is C18H29N3O6S2. The minimum absolute atomic E-state index is 0.0316. The standard InChI is InChI=1S/C18H29N3O6S2/c1-4-28(23,24)21-12-5-6-15(14-21)18(22)19-11-13-27-16-7-9-17(10-8-16)29(25,26)20(2)3/h7-10,15H,4-6,11-14H2,1-3H3,(H,19,22)/t15-/m0/s1. The first-order valence-electron chi connectivity index (χ1n) is 9.49. The number of hydrogen-bond donors (Lipinski definition) is 1. The van der Waals surface area contributed by atoms with Crippen LogP contribution in [0.2, 0.25) is 0 Å². The first kappa shape index (κ1) is 23.6. The number of hydrogen-bond acceptors (Lipinski definition) is 6. The van der Waals surface area contributed by atoms with E-state index < -0.39 is 20.0 Å². The number of sulfonamides is 2. The molecule has 1 atom stereocenters. The van der Waals surface area contributed by atoms with E-state index in [1.165, 1.54) is 30.5 Å². The highest BCUT2D eigenvalue weighted by atomic mass is 32.2. The van der Waals surface area contributed by atoms with Crippen molar-refractivity contribution in [2.75, 3.05) is 46.1 Å². The van der Waals surface area contributed by atoms with E-state index in [1.807, 2.05) is 0 Å². The summed E-state index contributed by atoms with van der Waals surface area (Å²) >= 11 is 0. The van der Waals surface area contributed by atoms with E-state index in [1.54, 1.807) is 19.1 Å². The summed E-state index contributed by atoms with van der Waals surface area (Å²) in [6.45, 7) is 2.76. The third kappa shape index (κ3) is 6.14. The Balaban J connectivity index is 1.79. The summed E-state index contributed by atoms with van der Waals surface area (Å²) in [5.74, 6) is -0.0171. The van der Waals surface area contributed by atoms with Crippen molar-refractivity contribution >= 4 is 26.0 Å². The number of nitrogens with zero attached hydrogens (tertiary/aromatic N) is 2. The molecule has 1 amide bonds. The monoisotopic (exact) mass is 447 g/mol. The lowest BCUT2D eigenvalue weighted by Crippen LogP contribution is -2.46. The lowest BCUT2D eigenvalue weighted by molar-refractivity contribution is -0.126. The second kappa shape index (κ2) is 9.88. The highest BCUT2D eigenvalue weighted by Crippen LogP contribution is 2.20. The minimum atomic E-state index is -3.49. The van der Waals surface area contributed by atoms with Crippen LogP contribution in [0.4, 0.5) is 0 Å². The molecule has 0 radical (unpaired) electrons. The molecule has 1 heterocycles. The molecule has 1 aliphatic rings. The Morgan fingerprint density at radius 2 is 1.86 bits per heavy atom. The van der Waals surface area contributed by atoms with Crippen molar-refractivity contribution in [3.63, 3.8) is 0 Å². The van der Waals surface area contributed by atoms with E-state index in [9.17, 15) is 21.6 Å². The SMILES string of the molecule is CCS(=O)(=O)N1CCC[C@H](C(=O)NCCOc2ccc(S(=O)(=O)N(C)C)cc2)C1. The number of nitrogens with one attached hydrogen (secondary N) is 1. The fraction of sp³-hybridized carbons (Fsp3) is 0.611. The van der Waals surface area contributed by atoms with Gasteiger partial charge < -0.3 is 10.1 Å². The molecule has 11 heteroatoms. The van der Waals surface area contributed by atoms with Crippen molar-refractivity contribution in [1.29, 1.82) is 0 Å². The average molecular weight is 448 g/mol. The topological polar surface area (TPSA) is 113 Å². The van der Waals surface area contributed by atoms with E-state index >= 15 is 0 Å². The second-order valence-electron chi connectivity index (χ2n) is 7.00. The first-order chi connectivity index (χ1) is 13.6. The molecule has 9 nitrogen and oxygen atoms in total. The van der Waals surface area contributed by atoms with Crippen molar-refractivity contribution in [2.24, 2.45) is 5.92 Å². The molecule has 0 spiro atoms. The third-order valence-corrected chi connectivity index (χ3v) is 8.46. The predicted molar refractivity (Wildman–Crippen MR) is 110 cm³/mol. The summed E-state index contributed by atoms with van der Waals surface area (Å²) in [5.41, 5.74) is 0. The molecule has 1 N–H and O–H groups in total. The van der Waals surface area contributed by atoms with Gasteiger partial charge >= 0.3 is 0 Å². The third-order valence-electron chi connectivity index (χ3n) is 4.79. The molecule has 1 saturated heterocycles. The number of benzene rings is 1. The van der Waals surface area contributed by atoms with Gasteiger partial charge in [-0.1, -0.05) is 0 Å². The van der Waals surface area contributed by atoms with E-state index in [0.717, 1.165) is 4.31 Å². The smallest absolute Gasteiger partial charge is 0.242 e. The lowest BCUT2D eigenvalue weighted by Gasteiger charge is -2.30. The Kier molecular flexibility index (Phi) is 8.03. The molecule has 0 saturated carbocycles. The maximum atomic E-state index is 12.3. The van der Waals surface area contributed by atoms with Crippen LogP contribution in [0.25, 0.3) is 0 Å². The Bertz CT molecular complexity index is 898. The van der Waals surface area contributed by atoms with Gasteiger partial charge in [-0.15, -0.1) is 0 Å². The molecule has 1 aliphatic heterocycles. The Morgan fingerprint density at radius 3 is 2.45 bits per heavy atom. The maximum Gasteiger partial charge on any atom is 0.242 e. The van der Waals surface area contributed by atoms with Gasteiger partial charge in [0.25, 0.3) is 0 Å². The van der Waals surface area contributed by atoms with Crippen LogP contribution >= 0.6 is 0 Å². The molecule has 2 rings (SSSR count). The van der Waals surface area contributed by atoms with Crippen LogP contribution in [0, 0.1) is 5.92 Å². The van der Waals surface area contributed by atoms with Crippen LogP contribution < -0.4 is 10.1 Å². The highest BCUT2D eigenvalue weighted by molar-refractivity contribution is 7.89. The molecule has 0 aromatic heterocycles. The Morgan fingerprint density at radius 1 is 1.21 bits per heavy atom. The summed E-state index contributed by atoms with van der Waals surface area (Å²) in [6, 6.07) is 6.06. The maximum absolute atomic E-state index is 12.3. The number of ether oxygens (including phenoxy) is 1. The molecule has 1 aromatic rings. The fourth-order valence-electron chi connectivity index (χ4n) is 3.00. The Labute approximate surface area is 173 Å². The number of rotatable bonds is 9. The van der Waals surface area contributed by atoms with Gasteiger partial charge in [0, 0.05) is 27.2 Å². The quantitative estimate of drug-likeness (QED) is 0.552. The number of piperidine rings is 1. The summed E-state index contributed by atoms with van der Waals surface area (Å²) in [4.78, 5) is 12.5. The lowest BCUT2D eigenvalue weighted by atomic mass is 9.99. The second-order valence-corrected chi connectivity index (χ2v) is 11.4. The van der Waals surface area contributed by atoms with Crippen molar-refractivity contribution in [3.8, 4) is 5.75 Å². The number of carbonyl (C=O) groups excluding carboxylic acids is 1. The van der Waals surface area contributed by atoms with Gasteiger partial charge in [0.15, 0.2) is 0 Å². The van der Waals surface area contributed by atoms with Gasteiger partial charge in [0.1, 0.15) is 12.4 Å². The number of amides is 1. The van der Waals surface area contributed by atoms with Crippen molar-refractivity contribution < 1.29 is 26.4 Å². The van der Waals surface area contributed by atoms with Crippen molar-refractivity contribution in [1.82, 2.24) is 13.9 Å². The van der Waals surface area contributed by atoms with E-state index in [0.29, 0.717) is 25.1 Å². The largest absolute Gasteiger partial charge is 0.492 e. The molecule has 0 aliphatic carbocycles. The average Bonchev–Trinajstić information content (AvgIpc) is 2.71. The molecule has 29 heavy (non-hydrogen) atoms. The molecule has 1 fully saturated rings. The van der Waals surface area contributed by atoms with Crippen molar-refractivity contribution in [2.45, 2.75) is 24.7 Å². The van der Waals surface area contributed by atoms with Gasteiger partial charge in [0.05, 0.1) is 23.1 Å². The summed E-state index contributed by atoms with van der Waals surface area (Å²) < 4.78 is 56.1. The van der Waals surface area contributed by atoms with Crippen LogP contribution in [0.3, 0.4) is 0 Å². The molecule has 1 aromatic carbocycles. The zero-order chi connectivity index (χ0) is 21.7. The van der Waals surface area contributed by atoms with Gasteiger partial charge in [-0.2, -0.15) is 0 Å². The highest BCUT2D eigenvalue weighted by Gasteiger charge is 2.31. The Hall–Kier alpha value is -1.69. The molecule has 0 bridgehead atoms. The van der Waals surface area contributed by atoms with Gasteiger partial charge in [-0.05, 0) is 44.0 Å². The van der Waals surface area contributed by atoms with E-state index in [4.69, 9.17) is 4.74 Å². The van der Waals surface area contributed by atoms with Crippen LogP contribution in [0.15, 0.2) is 29.2 Å². The van der Waals surface area contributed by atoms with Crippen LogP contribution in [0.5, 0.6) is 5.75 Å².